The van der Waals surface area contributed by atoms with Crippen LogP contribution in [0.4, 0.5) is 0 Å². The average molecular weight is 314 g/mol. The molecule has 0 aliphatic carbocycles. The number of carbonyl (C=O) groups is 2. The quantitative estimate of drug-likeness (QED) is 0.799. The van der Waals surface area contributed by atoms with Crippen molar-refractivity contribution in [3.8, 4) is 5.75 Å². The molecule has 0 aliphatic rings. The van der Waals surface area contributed by atoms with Gasteiger partial charge in [0.15, 0.2) is 0 Å². The maximum absolute atomic E-state index is 11.6. The van der Waals surface area contributed by atoms with E-state index < -0.39 is 5.97 Å². The lowest BCUT2D eigenvalue weighted by Gasteiger charge is -2.14. The Balaban J connectivity index is 2.07. The van der Waals surface area contributed by atoms with E-state index in [1.54, 1.807) is 0 Å². The molecule has 2 rings (SSSR count). The maximum Gasteiger partial charge on any atom is 0.220 e. The van der Waals surface area contributed by atoms with Gasteiger partial charge in [0.25, 0.3) is 0 Å². The Morgan fingerprint density at radius 1 is 1.13 bits per heavy atom. The second-order valence-corrected chi connectivity index (χ2v) is 5.17. The largest absolute Gasteiger partial charge is 0.550 e. The Labute approximate surface area is 135 Å². The van der Waals surface area contributed by atoms with Crippen molar-refractivity contribution in [1.82, 2.24) is 5.32 Å². The fraction of sp³-hybridized carbons (Fsp3) is 0.333. The van der Waals surface area contributed by atoms with E-state index in [-0.39, 0.29) is 18.7 Å². The average Bonchev–Trinajstić information content (AvgIpc) is 2.54. The number of hydrogen-bond donors (Lipinski definition) is 1. The maximum atomic E-state index is 11.6. The van der Waals surface area contributed by atoms with E-state index in [4.69, 9.17) is 4.74 Å². The van der Waals surface area contributed by atoms with Crippen molar-refractivity contribution >= 4 is 22.6 Å². The molecule has 2 aromatic carbocycles. The normalized spacial score (nSPS) is 10.5. The lowest BCUT2D eigenvalue weighted by molar-refractivity contribution is -0.305. The number of carboxylic acid groups (broad SMARTS) is 1. The van der Waals surface area contributed by atoms with Gasteiger partial charge in [-0.3, -0.25) is 4.79 Å². The topological polar surface area (TPSA) is 78.5 Å². The summed E-state index contributed by atoms with van der Waals surface area (Å²) in [5.41, 5.74) is 1.05. The second kappa shape index (κ2) is 8.17. The molecular formula is C18H20NO4-. The molecule has 1 amide bonds. The minimum atomic E-state index is -1.21. The first-order valence-corrected chi connectivity index (χ1v) is 7.71. The molecule has 2 aromatic rings. The monoisotopic (exact) mass is 314 g/mol. The van der Waals surface area contributed by atoms with Gasteiger partial charge in [0.05, 0.1) is 6.61 Å². The molecular weight excluding hydrogens is 294 g/mol. The molecule has 0 unspecified atom stereocenters. The van der Waals surface area contributed by atoms with Crippen LogP contribution in [-0.2, 0) is 16.0 Å². The van der Waals surface area contributed by atoms with E-state index in [1.807, 2.05) is 43.3 Å². The second-order valence-electron chi connectivity index (χ2n) is 5.17. The SMILES string of the molecule is CCOc1ccc2ccccc2c1CCNC(=O)CCC(=O)[O-]. The van der Waals surface area contributed by atoms with Crippen molar-refractivity contribution in [3.63, 3.8) is 0 Å². The molecule has 0 aliphatic heterocycles. The number of carbonyl (C=O) groups excluding carboxylic acids is 2. The molecule has 0 saturated carbocycles. The van der Waals surface area contributed by atoms with Crippen molar-refractivity contribution in [2.24, 2.45) is 0 Å². The van der Waals surface area contributed by atoms with Crippen LogP contribution in [0.2, 0.25) is 0 Å². The first-order chi connectivity index (χ1) is 11.1. The van der Waals surface area contributed by atoms with Gasteiger partial charge in [0.2, 0.25) is 5.91 Å². The molecule has 122 valence electrons. The Morgan fingerprint density at radius 3 is 2.65 bits per heavy atom. The van der Waals surface area contributed by atoms with Crippen molar-refractivity contribution in [2.45, 2.75) is 26.2 Å². The molecule has 0 aromatic heterocycles. The van der Waals surface area contributed by atoms with E-state index in [0.29, 0.717) is 19.6 Å². The number of benzene rings is 2. The van der Waals surface area contributed by atoms with Crippen LogP contribution in [0.1, 0.15) is 25.3 Å². The first kappa shape index (κ1) is 16.8. The van der Waals surface area contributed by atoms with Gasteiger partial charge in [0, 0.05) is 24.5 Å². The highest BCUT2D eigenvalue weighted by Gasteiger charge is 2.09. The lowest BCUT2D eigenvalue weighted by atomic mass is 10.0. The van der Waals surface area contributed by atoms with Gasteiger partial charge in [-0.2, -0.15) is 0 Å². The van der Waals surface area contributed by atoms with Crippen LogP contribution in [0, 0.1) is 0 Å². The zero-order valence-corrected chi connectivity index (χ0v) is 13.1. The van der Waals surface area contributed by atoms with Gasteiger partial charge >= 0.3 is 0 Å². The summed E-state index contributed by atoms with van der Waals surface area (Å²) in [7, 11) is 0. The smallest absolute Gasteiger partial charge is 0.220 e. The molecule has 0 atom stereocenters. The zero-order valence-electron chi connectivity index (χ0n) is 13.1. The third-order valence-electron chi connectivity index (χ3n) is 3.55. The van der Waals surface area contributed by atoms with Crippen LogP contribution in [0.25, 0.3) is 10.8 Å². The van der Waals surface area contributed by atoms with E-state index in [9.17, 15) is 14.7 Å². The number of hydrogen-bond acceptors (Lipinski definition) is 4. The molecule has 0 radical (unpaired) electrons. The summed E-state index contributed by atoms with van der Waals surface area (Å²) in [6, 6.07) is 12.0. The molecule has 0 fully saturated rings. The summed E-state index contributed by atoms with van der Waals surface area (Å²) >= 11 is 0. The van der Waals surface area contributed by atoms with Gasteiger partial charge in [-0.1, -0.05) is 30.3 Å². The van der Waals surface area contributed by atoms with Crippen LogP contribution in [0.5, 0.6) is 5.75 Å². The Kier molecular flexibility index (Phi) is 5.97. The molecule has 5 nitrogen and oxygen atoms in total. The number of rotatable bonds is 8. The molecule has 0 spiro atoms. The summed E-state index contributed by atoms with van der Waals surface area (Å²) in [4.78, 5) is 21.9. The van der Waals surface area contributed by atoms with Crippen molar-refractivity contribution < 1.29 is 19.4 Å². The molecule has 0 heterocycles. The number of aliphatic carboxylic acids is 1. The molecule has 5 heteroatoms. The highest BCUT2D eigenvalue weighted by atomic mass is 16.5. The van der Waals surface area contributed by atoms with Crippen LogP contribution in [-0.4, -0.2) is 25.0 Å². The van der Waals surface area contributed by atoms with Crippen LogP contribution < -0.4 is 15.2 Å². The zero-order chi connectivity index (χ0) is 16.7. The summed E-state index contributed by atoms with van der Waals surface area (Å²) in [5, 5.41) is 15.3. The first-order valence-electron chi connectivity index (χ1n) is 7.71. The molecule has 0 bridgehead atoms. The van der Waals surface area contributed by atoms with Crippen LogP contribution in [0.15, 0.2) is 36.4 Å². The summed E-state index contributed by atoms with van der Waals surface area (Å²) in [6.45, 7) is 2.93. The van der Waals surface area contributed by atoms with E-state index in [1.165, 1.54) is 0 Å². The van der Waals surface area contributed by atoms with Gasteiger partial charge in [-0.15, -0.1) is 0 Å². The number of nitrogens with one attached hydrogen (secondary N) is 1. The van der Waals surface area contributed by atoms with Gasteiger partial charge < -0.3 is 20.0 Å². The number of fused-ring (bicyclic) bond motifs is 1. The predicted molar refractivity (Wildman–Crippen MR) is 86.1 cm³/mol. The van der Waals surface area contributed by atoms with Crippen molar-refractivity contribution in [1.29, 1.82) is 0 Å². The summed E-state index contributed by atoms with van der Waals surface area (Å²) in [6.07, 6.45) is 0.300. The minimum Gasteiger partial charge on any atom is -0.550 e. The third kappa shape index (κ3) is 4.71. The van der Waals surface area contributed by atoms with E-state index >= 15 is 0 Å². The van der Waals surface area contributed by atoms with Crippen molar-refractivity contribution in [2.75, 3.05) is 13.2 Å². The lowest BCUT2D eigenvalue weighted by Crippen LogP contribution is -2.29. The summed E-state index contributed by atoms with van der Waals surface area (Å²) < 4.78 is 5.68. The predicted octanol–water partition coefficient (Wildman–Crippen LogP) is 1.43. The Morgan fingerprint density at radius 2 is 1.91 bits per heavy atom. The van der Waals surface area contributed by atoms with E-state index in [2.05, 4.69) is 5.32 Å². The minimum absolute atomic E-state index is 0.0593. The molecule has 0 saturated heterocycles. The third-order valence-corrected chi connectivity index (χ3v) is 3.55. The fourth-order valence-electron chi connectivity index (χ4n) is 2.50. The number of amides is 1. The van der Waals surface area contributed by atoms with Gasteiger partial charge in [-0.05, 0) is 36.6 Å². The Hall–Kier alpha value is -2.56. The molecule has 1 N–H and O–H groups in total. The van der Waals surface area contributed by atoms with Crippen LogP contribution in [0.3, 0.4) is 0 Å². The summed E-state index contributed by atoms with van der Waals surface area (Å²) in [5.74, 6) is -0.685. The van der Waals surface area contributed by atoms with Crippen molar-refractivity contribution in [3.05, 3.63) is 42.0 Å². The van der Waals surface area contributed by atoms with Gasteiger partial charge in [0.1, 0.15) is 5.75 Å². The Bertz CT molecular complexity index is 696. The number of ether oxygens (including phenoxy) is 1. The van der Waals surface area contributed by atoms with Gasteiger partial charge in [-0.25, -0.2) is 0 Å². The number of carboxylic acids is 1. The fourth-order valence-corrected chi connectivity index (χ4v) is 2.50. The highest BCUT2D eigenvalue weighted by Crippen LogP contribution is 2.28. The molecule has 23 heavy (non-hydrogen) atoms. The van der Waals surface area contributed by atoms with E-state index in [0.717, 1.165) is 22.1 Å². The van der Waals surface area contributed by atoms with Crippen LogP contribution >= 0.6 is 0 Å². The highest BCUT2D eigenvalue weighted by molar-refractivity contribution is 5.88. The standard InChI is InChI=1S/C18H21NO4/c1-2-23-16-8-7-13-5-3-4-6-14(13)15(16)11-12-19-17(20)9-10-18(21)22/h3-8H,2,9-12H2,1H3,(H,19,20)(H,21,22)/p-1.